The van der Waals surface area contributed by atoms with Crippen molar-refractivity contribution in [1.29, 1.82) is 0 Å². The van der Waals surface area contributed by atoms with Gasteiger partial charge in [-0.25, -0.2) is 0 Å². The Morgan fingerprint density at radius 1 is 0.500 bits per heavy atom. The first kappa shape index (κ1) is 38.3. The zero-order valence-electron chi connectivity index (χ0n) is 10.1. The van der Waals surface area contributed by atoms with E-state index in [2.05, 4.69) is 8.62 Å². The van der Waals surface area contributed by atoms with E-state index in [4.69, 9.17) is 0 Å². The molecule has 0 aromatic heterocycles. The molecule has 10 nitrogen and oxygen atoms in total. The van der Waals surface area contributed by atoms with Crippen LogP contribution in [0, 0.1) is 0 Å². The average Bonchev–Trinajstić information content (AvgIpc) is 1.79. The fraction of sp³-hybridized carbons (Fsp3) is 0. The Morgan fingerprint density at radius 2 is 0.611 bits per heavy atom. The van der Waals surface area contributed by atoms with Crippen LogP contribution in [0.1, 0.15) is 0 Å². The van der Waals surface area contributed by atoms with Gasteiger partial charge in [0.1, 0.15) is 33.0 Å². The van der Waals surface area contributed by atoms with Crippen molar-refractivity contribution in [3.8, 4) is 0 Å². The molecule has 0 amide bonds. The molecule has 0 bridgehead atoms. The smallest absolute Gasteiger partial charge is 0.781 e. The van der Waals surface area contributed by atoms with Gasteiger partial charge in [-0.05, 0) is 0 Å². The summed E-state index contributed by atoms with van der Waals surface area (Å²) in [6, 6.07) is 0. The number of rotatable bonds is 4. The van der Waals surface area contributed by atoms with Crippen molar-refractivity contribution < 1.29 is 165 Å². The van der Waals surface area contributed by atoms with Crippen LogP contribution in [0.15, 0.2) is 0 Å². The van der Waals surface area contributed by atoms with E-state index in [1.54, 1.807) is 0 Å². The monoisotopic (exact) mass is 380 g/mol. The third kappa shape index (κ3) is 49.8. The average molecular weight is 380 g/mol. The van der Waals surface area contributed by atoms with Crippen LogP contribution in [0.25, 0.3) is 0 Å². The molecule has 18 heavy (non-hydrogen) atoms. The largest absolute Gasteiger partial charge is 1.00 e. The first-order valence-corrected chi connectivity index (χ1v) is 7.35. The Kier molecular flexibility index (Phi) is 56.6. The number of hydrogen-bond donors (Lipinski definition) is 0. The van der Waals surface area contributed by atoms with E-state index in [9.17, 15) is 37.8 Å². The minimum atomic E-state index is -3.51. The molecule has 0 saturated carbocycles. The summed E-state index contributed by atoms with van der Waals surface area (Å²) in [5.74, 6) is 0. The van der Waals surface area contributed by atoms with Gasteiger partial charge in [0, 0.05) is 0 Å². The van der Waals surface area contributed by atoms with Gasteiger partial charge in [0.05, 0.1) is 0 Å². The van der Waals surface area contributed by atoms with Crippen LogP contribution < -0.4 is 138 Å². The van der Waals surface area contributed by atoms with Crippen molar-refractivity contribution in [2.45, 2.75) is 0 Å². The van der Waals surface area contributed by atoms with Crippen molar-refractivity contribution in [1.82, 2.24) is 0 Å². The van der Waals surface area contributed by atoms with Crippen LogP contribution in [-0.2, 0) is 26.9 Å². The molecule has 0 heterocycles. The molecule has 0 spiro atoms. The van der Waals surface area contributed by atoms with Gasteiger partial charge >= 0.3 is 118 Å². The summed E-state index contributed by atoms with van der Waals surface area (Å²) in [6.07, 6.45) is 0. The molecule has 4 atom stereocenters. The normalized spacial score (nSPS) is 14.4. The molecule has 0 radical (unpaired) electrons. The quantitative estimate of drug-likeness (QED) is 0.336. The molecular weight excluding hydrogens is 376 g/mol. The molecule has 88 valence electrons. The van der Waals surface area contributed by atoms with Gasteiger partial charge in [0.25, 0.3) is 0 Å². The van der Waals surface area contributed by atoms with Crippen LogP contribution in [0.2, 0.25) is 0 Å². The molecule has 0 aliphatic heterocycles. The van der Waals surface area contributed by atoms with Crippen molar-refractivity contribution in [2.75, 3.05) is 0 Å². The summed E-state index contributed by atoms with van der Waals surface area (Å²) in [7, 11) is -14.1. The van der Waals surface area contributed by atoms with Gasteiger partial charge in [-0.1, -0.05) is 0 Å². The second-order valence-electron chi connectivity index (χ2n) is 1.20. The molecule has 18 heteroatoms. The summed E-state index contributed by atoms with van der Waals surface area (Å²) in [5.41, 5.74) is 0. The maximum atomic E-state index is 9.29. The molecule has 0 saturated heterocycles. The fourth-order valence-corrected chi connectivity index (χ4v) is 1.22. The van der Waals surface area contributed by atoms with E-state index in [1.165, 1.54) is 0 Å². The Balaban J connectivity index is -0.0000000327. The fourth-order valence-electron chi connectivity index (χ4n) is 0.136. The molecule has 4 unspecified atom stereocenters. The second kappa shape index (κ2) is 26.6. The molecular formula is H4Na4O10P4. The van der Waals surface area contributed by atoms with Gasteiger partial charge in [-0.2, -0.15) is 0 Å². The summed E-state index contributed by atoms with van der Waals surface area (Å²) in [4.78, 5) is 37.1. The molecule has 0 fully saturated rings. The number of hydrogen-bond acceptors (Lipinski definition) is 10. The van der Waals surface area contributed by atoms with Crippen LogP contribution in [0.4, 0.5) is 0 Å². The summed E-state index contributed by atoms with van der Waals surface area (Å²) < 4.78 is 43.6. The van der Waals surface area contributed by atoms with E-state index in [1.807, 2.05) is 0 Å². The first-order valence-electron chi connectivity index (χ1n) is 2.45. The Morgan fingerprint density at radius 3 is 0.611 bits per heavy atom. The Hall–Kier alpha value is 4.68. The summed E-state index contributed by atoms with van der Waals surface area (Å²) >= 11 is 0. The minimum Gasteiger partial charge on any atom is -0.781 e. The summed E-state index contributed by atoms with van der Waals surface area (Å²) in [6.45, 7) is 0. The Labute approximate surface area is 194 Å². The van der Waals surface area contributed by atoms with Gasteiger partial charge in [-0.15, -0.1) is 0 Å². The third-order valence-electron chi connectivity index (χ3n) is 0.333. The van der Waals surface area contributed by atoms with Crippen molar-refractivity contribution in [3.63, 3.8) is 0 Å². The van der Waals surface area contributed by atoms with Crippen LogP contribution in [0.3, 0.4) is 0 Å². The minimum absolute atomic E-state index is 0. The molecule has 0 rings (SSSR count). The van der Waals surface area contributed by atoms with Crippen LogP contribution in [-0.4, -0.2) is 0 Å². The SMILES string of the molecule is O=[PH]([O-])O[PH](=O)[O-].O=[PH]([O-])O[PH](=O)[O-].[Na+].[Na+].[Na+].[Na+]. The van der Waals surface area contributed by atoms with Gasteiger partial charge in [0.15, 0.2) is 0 Å². The van der Waals surface area contributed by atoms with E-state index in [-0.39, 0.29) is 118 Å². The predicted octanol–water partition coefficient (Wildman–Crippen LogP) is -15.0. The van der Waals surface area contributed by atoms with Gasteiger partial charge in [0.2, 0.25) is 0 Å². The van der Waals surface area contributed by atoms with E-state index < -0.39 is 33.0 Å². The second-order valence-corrected chi connectivity index (χ2v) is 4.84. The topological polar surface area (TPSA) is 179 Å². The molecule has 0 N–H and O–H groups in total. The predicted molar refractivity (Wildman–Crippen MR) is 38.2 cm³/mol. The molecule has 0 aromatic carbocycles. The molecule has 0 aromatic rings. The summed E-state index contributed by atoms with van der Waals surface area (Å²) in [5, 5.41) is 0. The van der Waals surface area contributed by atoms with Gasteiger partial charge in [-0.3, -0.25) is 8.62 Å². The van der Waals surface area contributed by atoms with E-state index in [0.717, 1.165) is 0 Å². The standard InChI is InChI=1S/4Na.2H4O5P2/c;;;;2*1-6(2)5-7(3)4/h;;;;2*6-7H,(H,1,2)(H,3,4)/q4*+1;;/p-4. The molecule has 0 aliphatic carbocycles. The zero-order valence-corrected chi connectivity index (χ0v) is 22.1. The van der Waals surface area contributed by atoms with E-state index >= 15 is 0 Å². The maximum absolute atomic E-state index is 9.29. The van der Waals surface area contributed by atoms with E-state index in [0.29, 0.717) is 0 Å². The van der Waals surface area contributed by atoms with Crippen LogP contribution in [0.5, 0.6) is 0 Å². The van der Waals surface area contributed by atoms with Crippen molar-refractivity contribution >= 4 is 33.0 Å². The maximum Gasteiger partial charge on any atom is 1.00 e. The Bertz CT molecular complexity index is 204. The third-order valence-corrected chi connectivity index (χ3v) is 3.00. The van der Waals surface area contributed by atoms with Gasteiger partial charge < -0.3 is 37.8 Å². The first-order chi connectivity index (χ1) is 6.25. The zero-order chi connectivity index (χ0) is 11.7. The van der Waals surface area contributed by atoms with Crippen LogP contribution >= 0.6 is 33.0 Å². The van der Waals surface area contributed by atoms with Crippen molar-refractivity contribution in [2.24, 2.45) is 0 Å². The molecule has 0 aliphatic rings. The van der Waals surface area contributed by atoms with Crippen molar-refractivity contribution in [3.05, 3.63) is 0 Å².